The van der Waals surface area contributed by atoms with Crippen LogP contribution in [0.5, 0.6) is 11.5 Å². The Kier molecular flexibility index (Phi) is 4.17. The molecule has 1 amide bonds. The highest BCUT2D eigenvalue weighted by Gasteiger charge is 2.20. The molecule has 1 N–H and O–H groups in total. The van der Waals surface area contributed by atoms with E-state index in [4.69, 9.17) is 9.47 Å². The molecule has 0 atom stereocenters. The zero-order chi connectivity index (χ0) is 18.1. The average Bonchev–Trinajstić information content (AvgIpc) is 3.24. The Bertz CT molecular complexity index is 986. The number of carbonyl (C=O) groups excluding carboxylic acids is 2. The maximum Gasteiger partial charge on any atom is 0.253 e. The van der Waals surface area contributed by atoms with Gasteiger partial charge in [0.1, 0.15) is 0 Å². The molecule has 0 saturated carbocycles. The van der Waals surface area contributed by atoms with Crippen molar-refractivity contribution in [1.82, 2.24) is 19.6 Å². The van der Waals surface area contributed by atoms with E-state index in [-0.39, 0.29) is 24.2 Å². The van der Waals surface area contributed by atoms with Crippen molar-refractivity contribution in [3.8, 4) is 11.5 Å². The fraction of sp³-hybridized carbons (Fsp3) is 0.188. The molecule has 0 saturated heterocycles. The van der Waals surface area contributed by atoms with Crippen LogP contribution in [0.2, 0.25) is 0 Å². The van der Waals surface area contributed by atoms with Gasteiger partial charge in [0, 0.05) is 24.0 Å². The van der Waals surface area contributed by atoms with Gasteiger partial charge in [-0.2, -0.15) is 4.98 Å². The maximum atomic E-state index is 12.3. The molecule has 1 aromatic carbocycles. The van der Waals surface area contributed by atoms with Crippen molar-refractivity contribution in [2.24, 2.45) is 0 Å². The molecule has 9 nitrogen and oxygen atoms in total. The Hall–Kier alpha value is -3.14. The van der Waals surface area contributed by atoms with Crippen LogP contribution in [0.15, 0.2) is 35.7 Å². The molecule has 10 heteroatoms. The highest BCUT2D eigenvalue weighted by Crippen LogP contribution is 2.37. The van der Waals surface area contributed by atoms with Crippen molar-refractivity contribution in [3.05, 3.63) is 36.2 Å². The summed E-state index contributed by atoms with van der Waals surface area (Å²) in [6.45, 7) is 1.52. The number of ketones is 1. The molecule has 1 aliphatic heterocycles. The van der Waals surface area contributed by atoms with E-state index in [0.717, 1.165) is 0 Å². The minimum atomic E-state index is -0.289. The minimum Gasteiger partial charge on any atom is -0.454 e. The molecule has 0 radical (unpaired) electrons. The maximum absolute atomic E-state index is 12.3. The first kappa shape index (κ1) is 16.3. The molecular weight excluding hydrogens is 358 g/mol. The van der Waals surface area contributed by atoms with Crippen molar-refractivity contribution in [3.63, 3.8) is 0 Å². The summed E-state index contributed by atoms with van der Waals surface area (Å²) < 4.78 is 12.1. The monoisotopic (exact) mass is 371 g/mol. The second-order valence-corrected chi connectivity index (χ2v) is 6.35. The Morgan fingerprint density at radius 2 is 2.12 bits per heavy atom. The Morgan fingerprint density at radius 1 is 1.31 bits per heavy atom. The summed E-state index contributed by atoms with van der Waals surface area (Å²) in [6.07, 6.45) is 3.35. The molecule has 132 valence electrons. The number of fused-ring (bicyclic) bond motifs is 2. The third-order valence-corrected chi connectivity index (χ3v) is 4.43. The standard InChI is InChI=1S/C16H13N5O4S/c1-9(22)10-5-12-13(25-8-24-12)6-11(10)18-14(23)7-26-16-19-15-17-3-2-4-21(15)20-16/h2-6H,7-8H2,1H3,(H,18,23). The summed E-state index contributed by atoms with van der Waals surface area (Å²) in [4.78, 5) is 32.4. The number of anilines is 1. The summed E-state index contributed by atoms with van der Waals surface area (Å²) in [6, 6.07) is 4.91. The molecule has 0 unspecified atom stereocenters. The molecule has 0 spiro atoms. The number of ether oxygens (including phenoxy) is 2. The third kappa shape index (κ3) is 3.18. The SMILES string of the molecule is CC(=O)c1cc2c(cc1NC(=O)CSc1nc3ncccn3n1)OCO2. The van der Waals surface area contributed by atoms with Crippen LogP contribution in [-0.2, 0) is 4.79 Å². The summed E-state index contributed by atoms with van der Waals surface area (Å²) in [7, 11) is 0. The lowest BCUT2D eigenvalue weighted by atomic mass is 10.1. The molecule has 3 heterocycles. The predicted octanol–water partition coefficient (Wildman–Crippen LogP) is 1.79. The first-order chi connectivity index (χ1) is 12.6. The fourth-order valence-electron chi connectivity index (χ4n) is 2.43. The molecule has 4 rings (SSSR count). The van der Waals surface area contributed by atoms with Gasteiger partial charge in [-0.1, -0.05) is 11.8 Å². The van der Waals surface area contributed by atoms with Gasteiger partial charge in [-0.25, -0.2) is 9.50 Å². The number of thioether (sulfide) groups is 1. The van der Waals surface area contributed by atoms with Gasteiger partial charge in [-0.15, -0.1) is 5.10 Å². The van der Waals surface area contributed by atoms with Gasteiger partial charge >= 0.3 is 0 Å². The highest BCUT2D eigenvalue weighted by molar-refractivity contribution is 7.99. The molecule has 0 bridgehead atoms. The predicted molar refractivity (Wildman–Crippen MR) is 92.7 cm³/mol. The summed E-state index contributed by atoms with van der Waals surface area (Å²) in [5.41, 5.74) is 0.750. The van der Waals surface area contributed by atoms with Crippen LogP contribution in [0.25, 0.3) is 5.78 Å². The van der Waals surface area contributed by atoms with Crippen molar-refractivity contribution < 1.29 is 19.1 Å². The van der Waals surface area contributed by atoms with Crippen molar-refractivity contribution in [2.75, 3.05) is 17.9 Å². The molecular formula is C16H13N5O4S. The Labute approximate surface area is 151 Å². The molecule has 3 aromatic rings. The summed E-state index contributed by atoms with van der Waals surface area (Å²) >= 11 is 1.18. The van der Waals surface area contributed by atoms with Gasteiger partial charge < -0.3 is 14.8 Å². The van der Waals surface area contributed by atoms with Crippen LogP contribution < -0.4 is 14.8 Å². The molecule has 26 heavy (non-hydrogen) atoms. The molecule has 1 aliphatic rings. The summed E-state index contributed by atoms with van der Waals surface area (Å²) in [5, 5.41) is 7.39. The van der Waals surface area contributed by atoms with E-state index >= 15 is 0 Å². The first-order valence-corrected chi connectivity index (χ1v) is 8.63. The molecule has 0 fully saturated rings. The number of aromatic nitrogens is 4. The highest BCUT2D eigenvalue weighted by atomic mass is 32.2. The van der Waals surface area contributed by atoms with Crippen LogP contribution in [0, 0.1) is 0 Å². The van der Waals surface area contributed by atoms with E-state index in [1.54, 1.807) is 30.6 Å². The normalized spacial score (nSPS) is 12.3. The van der Waals surface area contributed by atoms with Crippen molar-refractivity contribution in [1.29, 1.82) is 0 Å². The zero-order valence-electron chi connectivity index (χ0n) is 13.6. The zero-order valence-corrected chi connectivity index (χ0v) is 14.4. The van der Waals surface area contributed by atoms with E-state index in [1.165, 1.54) is 23.2 Å². The van der Waals surface area contributed by atoms with E-state index in [0.29, 0.717) is 33.7 Å². The van der Waals surface area contributed by atoms with Gasteiger partial charge in [-0.3, -0.25) is 9.59 Å². The number of benzene rings is 1. The van der Waals surface area contributed by atoms with Gasteiger partial charge in [-0.05, 0) is 19.1 Å². The number of nitrogens with zero attached hydrogens (tertiary/aromatic N) is 4. The number of hydrogen-bond acceptors (Lipinski definition) is 8. The largest absolute Gasteiger partial charge is 0.454 e. The van der Waals surface area contributed by atoms with Gasteiger partial charge in [0.15, 0.2) is 17.3 Å². The van der Waals surface area contributed by atoms with E-state index in [2.05, 4.69) is 20.4 Å². The van der Waals surface area contributed by atoms with Crippen LogP contribution in [0.1, 0.15) is 17.3 Å². The van der Waals surface area contributed by atoms with Crippen LogP contribution >= 0.6 is 11.8 Å². The minimum absolute atomic E-state index is 0.0860. The number of nitrogens with one attached hydrogen (secondary N) is 1. The van der Waals surface area contributed by atoms with E-state index in [1.807, 2.05) is 0 Å². The first-order valence-electron chi connectivity index (χ1n) is 7.65. The quantitative estimate of drug-likeness (QED) is 0.534. The van der Waals surface area contributed by atoms with E-state index < -0.39 is 0 Å². The van der Waals surface area contributed by atoms with Gasteiger partial charge in [0.25, 0.3) is 5.78 Å². The third-order valence-electron chi connectivity index (χ3n) is 3.60. The Morgan fingerprint density at radius 3 is 2.88 bits per heavy atom. The second kappa shape index (κ2) is 6.64. The number of Topliss-reactive ketones (excluding diaryl/α,β-unsaturated/α-hetero) is 1. The number of rotatable bonds is 5. The number of amides is 1. The van der Waals surface area contributed by atoms with Crippen molar-refractivity contribution in [2.45, 2.75) is 12.1 Å². The molecule has 0 aliphatic carbocycles. The topological polar surface area (TPSA) is 108 Å². The van der Waals surface area contributed by atoms with Gasteiger partial charge in [0.05, 0.1) is 11.4 Å². The number of carbonyl (C=O) groups is 2. The lowest BCUT2D eigenvalue weighted by Crippen LogP contribution is -2.16. The second-order valence-electron chi connectivity index (χ2n) is 5.40. The van der Waals surface area contributed by atoms with Crippen LogP contribution in [0.4, 0.5) is 5.69 Å². The molecule has 2 aromatic heterocycles. The Balaban J connectivity index is 1.47. The summed E-state index contributed by atoms with van der Waals surface area (Å²) in [5.74, 6) is 1.06. The van der Waals surface area contributed by atoms with E-state index in [9.17, 15) is 9.59 Å². The smallest absolute Gasteiger partial charge is 0.253 e. The van der Waals surface area contributed by atoms with Crippen LogP contribution in [0.3, 0.4) is 0 Å². The van der Waals surface area contributed by atoms with Gasteiger partial charge in [0.2, 0.25) is 17.9 Å². The van der Waals surface area contributed by atoms with Crippen LogP contribution in [-0.4, -0.2) is 43.8 Å². The fourth-order valence-corrected chi connectivity index (χ4v) is 3.05. The lowest BCUT2D eigenvalue weighted by molar-refractivity contribution is -0.113. The lowest BCUT2D eigenvalue weighted by Gasteiger charge is -2.10. The average molecular weight is 371 g/mol. The van der Waals surface area contributed by atoms with Crippen molar-refractivity contribution >= 4 is 34.9 Å². The number of hydrogen-bond donors (Lipinski definition) is 1.